The number of piperidine rings is 1. The van der Waals surface area contributed by atoms with Crippen LogP contribution in [0.5, 0.6) is 0 Å². The summed E-state index contributed by atoms with van der Waals surface area (Å²) in [6.45, 7) is 3.27. The average molecular weight is 323 g/mol. The Hall–Kier alpha value is -2.71. The van der Waals surface area contributed by atoms with E-state index in [0.29, 0.717) is 17.7 Å². The van der Waals surface area contributed by atoms with E-state index in [2.05, 4.69) is 6.58 Å². The number of rotatable bonds is 5. The number of aliphatic carboxylic acids is 1. The van der Waals surface area contributed by atoms with Crippen LogP contribution in [-0.4, -0.2) is 75.7 Å². The zero-order valence-corrected chi connectivity index (χ0v) is 12.4. The van der Waals surface area contributed by atoms with Crippen LogP contribution in [0.4, 0.5) is 4.79 Å². The highest BCUT2D eigenvalue weighted by Crippen LogP contribution is 2.18. The van der Waals surface area contributed by atoms with Crippen molar-refractivity contribution < 1.29 is 29.1 Å². The zero-order valence-electron chi connectivity index (χ0n) is 12.4. The molecule has 2 saturated heterocycles. The quantitative estimate of drug-likeness (QED) is 0.406. The molecule has 0 spiro atoms. The second kappa shape index (κ2) is 6.59. The summed E-state index contributed by atoms with van der Waals surface area (Å²) in [5.74, 6) is -3.88. The number of carbonyl (C=O) groups is 5. The lowest BCUT2D eigenvalue weighted by Gasteiger charge is -2.30. The number of amides is 5. The number of urea groups is 1. The number of carbonyl (C=O) groups excluding carboxylic acids is 4. The van der Waals surface area contributed by atoms with Gasteiger partial charge in [-0.1, -0.05) is 6.08 Å². The number of hydrogen-bond acceptors (Lipinski definition) is 5. The summed E-state index contributed by atoms with van der Waals surface area (Å²) in [4.78, 5) is 61.2. The van der Waals surface area contributed by atoms with Crippen molar-refractivity contribution in [2.75, 3.05) is 26.2 Å². The first-order valence-electron chi connectivity index (χ1n) is 7.15. The highest BCUT2D eigenvalue weighted by molar-refractivity contribution is 6.45. The second-order valence-corrected chi connectivity index (χ2v) is 5.37. The van der Waals surface area contributed by atoms with E-state index in [1.54, 1.807) is 0 Å². The Morgan fingerprint density at radius 1 is 1.13 bits per heavy atom. The molecule has 0 aromatic heterocycles. The van der Waals surface area contributed by atoms with Gasteiger partial charge in [-0.15, -0.1) is 6.58 Å². The van der Waals surface area contributed by atoms with Crippen molar-refractivity contribution in [2.24, 2.45) is 5.92 Å². The number of likely N-dealkylation sites (tertiary alicyclic amines) is 1. The molecule has 0 unspecified atom stereocenters. The zero-order chi connectivity index (χ0) is 17.1. The Bertz CT molecular complexity index is 579. The molecule has 124 valence electrons. The van der Waals surface area contributed by atoms with Gasteiger partial charge >= 0.3 is 23.8 Å². The first-order valence-corrected chi connectivity index (χ1v) is 7.15. The molecule has 0 saturated carbocycles. The van der Waals surface area contributed by atoms with E-state index in [0.717, 1.165) is 4.90 Å². The molecule has 0 atom stereocenters. The molecule has 23 heavy (non-hydrogen) atoms. The van der Waals surface area contributed by atoms with Crippen molar-refractivity contribution in [3.05, 3.63) is 12.7 Å². The molecule has 9 heteroatoms. The Kier molecular flexibility index (Phi) is 4.77. The molecule has 5 amide bonds. The average Bonchev–Trinajstić information content (AvgIpc) is 2.73. The third-order valence-electron chi connectivity index (χ3n) is 3.94. The molecule has 2 rings (SSSR count). The minimum atomic E-state index is -1.04. The monoisotopic (exact) mass is 323 g/mol. The maximum atomic E-state index is 12.2. The van der Waals surface area contributed by atoms with E-state index in [9.17, 15) is 24.0 Å². The summed E-state index contributed by atoms with van der Waals surface area (Å²) < 4.78 is 0. The first-order chi connectivity index (χ1) is 10.9. The fourth-order valence-electron chi connectivity index (χ4n) is 2.59. The van der Waals surface area contributed by atoms with Crippen molar-refractivity contribution in [3.63, 3.8) is 0 Å². The SMILES string of the molecule is C=CCN1C(=O)C(=O)N(CC(=O)N2CCC(C(=O)O)CC2)C1=O. The lowest BCUT2D eigenvalue weighted by atomic mass is 9.97. The summed E-state index contributed by atoms with van der Waals surface area (Å²) in [6, 6.07) is -0.839. The second-order valence-electron chi connectivity index (χ2n) is 5.37. The Morgan fingerprint density at radius 2 is 1.70 bits per heavy atom. The molecule has 0 aliphatic carbocycles. The fourth-order valence-corrected chi connectivity index (χ4v) is 2.59. The van der Waals surface area contributed by atoms with Gasteiger partial charge in [-0.25, -0.2) is 9.69 Å². The van der Waals surface area contributed by atoms with Gasteiger partial charge in [0.15, 0.2) is 0 Å². The Balaban J connectivity index is 1.97. The number of carboxylic acids is 1. The fraction of sp³-hybridized carbons (Fsp3) is 0.500. The number of hydrogen-bond donors (Lipinski definition) is 1. The van der Waals surface area contributed by atoms with Crippen LogP contribution in [-0.2, 0) is 19.2 Å². The minimum Gasteiger partial charge on any atom is -0.481 e. The highest BCUT2D eigenvalue weighted by Gasteiger charge is 2.45. The van der Waals surface area contributed by atoms with E-state index in [4.69, 9.17) is 5.11 Å². The molecule has 9 nitrogen and oxygen atoms in total. The van der Waals surface area contributed by atoms with E-state index in [1.165, 1.54) is 11.0 Å². The molecule has 0 bridgehead atoms. The predicted molar refractivity (Wildman–Crippen MR) is 76.0 cm³/mol. The molecule has 2 fully saturated rings. The smallest absolute Gasteiger partial charge is 0.335 e. The normalized spacial score (nSPS) is 19.5. The van der Waals surface area contributed by atoms with E-state index in [1.807, 2.05) is 0 Å². The van der Waals surface area contributed by atoms with Crippen LogP contribution >= 0.6 is 0 Å². The van der Waals surface area contributed by atoms with Crippen LogP contribution in [0.3, 0.4) is 0 Å². The molecule has 2 aliphatic heterocycles. The van der Waals surface area contributed by atoms with Gasteiger partial charge in [-0.05, 0) is 12.8 Å². The third kappa shape index (κ3) is 3.22. The standard InChI is InChI=1S/C14H17N3O6/c1-2-5-16-11(19)12(20)17(14(16)23)8-10(18)15-6-3-9(4-7-15)13(21)22/h2,9H,1,3-8H2,(H,21,22). The Morgan fingerprint density at radius 3 is 2.22 bits per heavy atom. The molecule has 0 radical (unpaired) electrons. The molecule has 0 aromatic rings. The predicted octanol–water partition coefficient (Wildman–Crippen LogP) is -0.714. The lowest BCUT2D eigenvalue weighted by Crippen LogP contribution is -2.46. The van der Waals surface area contributed by atoms with Gasteiger partial charge < -0.3 is 10.0 Å². The van der Waals surface area contributed by atoms with Crippen molar-refractivity contribution in [2.45, 2.75) is 12.8 Å². The summed E-state index contributed by atoms with van der Waals surface area (Å²) in [6.07, 6.45) is 1.96. The van der Waals surface area contributed by atoms with Crippen molar-refractivity contribution in [3.8, 4) is 0 Å². The third-order valence-corrected chi connectivity index (χ3v) is 3.94. The summed E-state index contributed by atoms with van der Waals surface area (Å²) in [7, 11) is 0. The van der Waals surface area contributed by atoms with Crippen LogP contribution in [0.25, 0.3) is 0 Å². The van der Waals surface area contributed by atoms with Gasteiger partial charge in [-0.3, -0.25) is 24.1 Å². The molecule has 2 heterocycles. The van der Waals surface area contributed by atoms with Crippen LogP contribution in [0.2, 0.25) is 0 Å². The van der Waals surface area contributed by atoms with Gasteiger partial charge in [0.25, 0.3) is 0 Å². The van der Waals surface area contributed by atoms with Gasteiger partial charge in [0.2, 0.25) is 5.91 Å². The molecular weight excluding hydrogens is 306 g/mol. The lowest BCUT2D eigenvalue weighted by molar-refractivity contribution is -0.147. The van der Waals surface area contributed by atoms with Gasteiger partial charge in [-0.2, -0.15) is 0 Å². The van der Waals surface area contributed by atoms with Crippen molar-refractivity contribution in [1.29, 1.82) is 0 Å². The molecular formula is C14H17N3O6. The Labute approximate surface area is 132 Å². The highest BCUT2D eigenvalue weighted by atomic mass is 16.4. The summed E-state index contributed by atoms with van der Waals surface area (Å²) in [5, 5.41) is 8.92. The van der Waals surface area contributed by atoms with Crippen LogP contribution in [0.15, 0.2) is 12.7 Å². The first kappa shape index (κ1) is 16.7. The number of nitrogens with zero attached hydrogens (tertiary/aromatic N) is 3. The number of carboxylic acid groups (broad SMARTS) is 1. The van der Waals surface area contributed by atoms with E-state index in [-0.39, 0.29) is 19.6 Å². The minimum absolute atomic E-state index is 0.0991. The molecule has 2 aliphatic rings. The number of imide groups is 2. The maximum absolute atomic E-state index is 12.2. The van der Waals surface area contributed by atoms with Crippen molar-refractivity contribution in [1.82, 2.24) is 14.7 Å². The summed E-state index contributed by atoms with van der Waals surface area (Å²) >= 11 is 0. The van der Waals surface area contributed by atoms with Gasteiger partial charge in [0.1, 0.15) is 6.54 Å². The van der Waals surface area contributed by atoms with Crippen molar-refractivity contribution >= 4 is 29.7 Å². The summed E-state index contributed by atoms with van der Waals surface area (Å²) in [5.41, 5.74) is 0. The topological polar surface area (TPSA) is 115 Å². The molecule has 1 N–H and O–H groups in total. The van der Waals surface area contributed by atoms with E-state index >= 15 is 0 Å². The van der Waals surface area contributed by atoms with Crippen LogP contribution in [0.1, 0.15) is 12.8 Å². The van der Waals surface area contributed by atoms with E-state index < -0.39 is 42.2 Å². The maximum Gasteiger partial charge on any atom is 0.335 e. The van der Waals surface area contributed by atoms with Crippen LogP contribution < -0.4 is 0 Å². The van der Waals surface area contributed by atoms with Crippen LogP contribution in [0, 0.1) is 5.92 Å². The molecule has 0 aromatic carbocycles. The van der Waals surface area contributed by atoms with Gasteiger partial charge in [0.05, 0.1) is 5.92 Å². The largest absolute Gasteiger partial charge is 0.481 e. The van der Waals surface area contributed by atoms with Gasteiger partial charge in [0, 0.05) is 19.6 Å².